The zero-order chi connectivity index (χ0) is 14.1. The van der Waals surface area contributed by atoms with Gasteiger partial charge in [-0.2, -0.15) is 0 Å². The lowest BCUT2D eigenvalue weighted by Crippen LogP contribution is -2.51. The first-order valence-corrected chi connectivity index (χ1v) is 9.96. The van der Waals surface area contributed by atoms with E-state index in [1.165, 1.54) is 0 Å². The van der Waals surface area contributed by atoms with Gasteiger partial charge < -0.3 is 4.43 Å². The number of rotatable bonds is 4. The highest BCUT2D eigenvalue weighted by atomic mass is 28.4. The minimum atomic E-state index is -1.77. The van der Waals surface area contributed by atoms with E-state index in [-0.39, 0.29) is 5.78 Å². The maximum Gasteiger partial charge on any atom is 0.190 e. The van der Waals surface area contributed by atoms with Gasteiger partial charge in [0.2, 0.25) is 0 Å². The molecule has 0 saturated heterocycles. The summed E-state index contributed by atoms with van der Waals surface area (Å²) in [6, 6.07) is 0. The average Bonchev–Trinajstić information content (AvgIpc) is 2.21. The number of allylic oxidation sites excluding steroid dienone is 1. The number of hydrogen-bond acceptors (Lipinski definition) is 2. The van der Waals surface area contributed by atoms with Crippen molar-refractivity contribution in [3.05, 3.63) is 12.2 Å². The van der Waals surface area contributed by atoms with Crippen LogP contribution >= 0.6 is 0 Å². The zero-order valence-electron chi connectivity index (χ0n) is 12.8. The molecule has 0 heterocycles. The Kier molecular flexibility index (Phi) is 4.60. The fourth-order valence-corrected chi connectivity index (χ4v) is 3.97. The van der Waals surface area contributed by atoms with Crippen molar-refractivity contribution < 1.29 is 9.22 Å². The summed E-state index contributed by atoms with van der Waals surface area (Å²) >= 11 is 0. The lowest BCUT2D eigenvalue weighted by Gasteiger charge is -2.42. The van der Waals surface area contributed by atoms with Gasteiger partial charge in [-0.15, -0.1) is 0 Å². The molecule has 0 bridgehead atoms. The van der Waals surface area contributed by atoms with Crippen molar-refractivity contribution in [1.29, 1.82) is 0 Å². The quantitative estimate of drug-likeness (QED) is 0.560. The Balaban J connectivity index is 2.78. The molecule has 1 rings (SSSR count). The third-order valence-corrected chi connectivity index (χ3v) is 8.32. The van der Waals surface area contributed by atoms with Crippen LogP contribution < -0.4 is 0 Å². The van der Waals surface area contributed by atoms with E-state index < -0.39 is 13.9 Å². The number of carbonyl (C=O) groups is 1. The van der Waals surface area contributed by atoms with Gasteiger partial charge in [0.05, 0.1) is 0 Å². The molecule has 0 aliphatic heterocycles. The van der Waals surface area contributed by atoms with Gasteiger partial charge in [-0.3, -0.25) is 4.79 Å². The fraction of sp³-hybridized carbons (Fsp3) is 0.800. The van der Waals surface area contributed by atoms with Crippen molar-refractivity contribution in [3.8, 4) is 0 Å². The molecule has 0 spiro atoms. The molecule has 2 nitrogen and oxygen atoms in total. The maximum atomic E-state index is 12.4. The van der Waals surface area contributed by atoms with Crippen LogP contribution in [-0.2, 0) is 9.22 Å². The number of Topliss-reactive ketones (excluding diaryl/α,β-unsaturated/α-hetero) is 1. The molecule has 1 saturated carbocycles. The van der Waals surface area contributed by atoms with E-state index in [0.29, 0.717) is 17.9 Å². The zero-order valence-corrected chi connectivity index (χ0v) is 13.8. The van der Waals surface area contributed by atoms with Gasteiger partial charge in [0, 0.05) is 6.42 Å². The summed E-state index contributed by atoms with van der Waals surface area (Å²) in [5.41, 5.74) is 1.11. The molecule has 0 unspecified atom stereocenters. The highest BCUT2D eigenvalue weighted by Gasteiger charge is 2.44. The van der Waals surface area contributed by atoms with E-state index in [4.69, 9.17) is 4.43 Å². The van der Waals surface area contributed by atoms with Gasteiger partial charge in [-0.1, -0.05) is 26.0 Å². The Hall–Kier alpha value is -0.413. The molecule has 0 N–H and O–H groups in total. The second-order valence-electron chi connectivity index (χ2n) is 6.80. The Labute approximate surface area is 113 Å². The molecule has 1 aliphatic rings. The molecule has 3 heteroatoms. The van der Waals surface area contributed by atoms with Crippen molar-refractivity contribution in [1.82, 2.24) is 0 Å². The molecule has 0 aromatic rings. The topological polar surface area (TPSA) is 26.3 Å². The van der Waals surface area contributed by atoms with Gasteiger partial charge in [-0.05, 0) is 51.2 Å². The summed E-state index contributed by atoms with van der Waals surface area (Å²) in [7, 11) is -1.77. The molecule has 0 amide bonds. The number of hydrogen-bond donors (Lipinski definition) is 0. The minimum Gasteiger partial charge on any atom is -0.405 e. The van der Waals surface area contributed by atoms with E-state index in [9.17, 15) is 4.79 Å². The van der Waals surface area contributed by atoms with Crippen LogP contribution in [0.1, 0.15) is 47.0 Å². The Morgan fingerprint density at radius 2 is 2.06 bits per heavy atom. The predicted molar refractivity (Wildman–Crippen MR) is 79.2 cm³/mol. The summed E-state index contributed by atoms with van der Waals surface area (Å²) in [5, 5.41) is 0. The molecule has 1 fully saturated rings. The van der Waals surface area contributed by atoms with Gasteiger partial charge in [0.25, 0.3) is 0 Å². The summed E-state index contributed by atoms with van der Waals surface area (Å²) in [6.07, 6.45) is 2.47. The van der Waals surface area contributed by atoms with Crippen LogP contribution in [-0.4, -0.2) is 19.7 Å². The highest BCUT2D eigenvalue weighted by Crippen LogP contribution is 2.38. The van der Waals surface area contributed by atoms with E-state index in [2.05, 4.69) is 33.5 Å². The molecule has 0 aromatic heterocycles. The molecule has 2 atom stereocenters. The lowest BCUT2D eigenvalue weighted by atomic mass is 9.76. The van der Waals surface area contributed by atoms with Crippen LogP contribution in [0, 0.1) is 5.92 Å². The van der Waals surface area contributed by atoms with Crippen LogP contribution in [0.2, 0.25) is 18.6 Å². The van der Waals surface area contributed by atoms with Crippen LogP contribution in [0.25, 0.3) is 0 Å². The van der Waals surface area contributed by atoms with Gasteiger partial charge in [0.1, 0.15) is 5.60 Å². The van der Waals surface area contributed by atoms with Crippen LogP contribution in [0.3, 0.4) is 0 Å². The van der Waals surface area contributed by atoms with Crippen LogP contribution in [0.5, 0.6) is 0 Å². The molecule has 18 heavy (non-hydrogen) atoms. The first kappa shape index (κ1) is 15.6. The van der Waals surface area contributed by atoms with Crippen LogP contribution in [0.15, 0.2) is 12.2 Å². The van der Waals surface area contributed by atoms with Crippen molar-refractivity contribution in [3.63, 3.8) is 0 Å². The second-order valence-corrected chi connectivity index (χ2v) is 11.4. The van der Waals surface area contributed by atoms with Crippen molar-refractivity contribution in [2.75, 3.05) is 0 Å². The first-order chi connectivity index (χ1) is 8.08. The maximum absolute atomic E-state index is 12.4. The van der Waals surface area contributed by atoms with Crippen molar-refractivity contribution >= 4 is 14.1 Å². The standard InChI is InChI=1S/C15H28O2Si/c1-11(2)13-8-9-15(5,14(16)10-13)17-18(6,7)12(3)4/h12-13H,1,8-10H2,2-7H3/t13-,15+/m0/s1. The smallest absolute Gasteiger partial charge is 0.190 e. The monoisotopic (exact) mass is 268 g/mol. The SMILES string of the molecule is C=C(C)[C@H]1CC[C@@](C)(O[Si](C)(C)C(C)C)C(=O)C1. The second kappa shape index (κ2) is 5.30. The average molecular weight is 268 g/mol. The van der Waals surface area contributed by atoms with E-state index in [1.807, 2.05) is 13.8 Å². The lowest BCUT2D eigenvalue weighted by molar-refractivity contribution is -0.138. The van der Waals surface area contributed by atoms with Crippen molar-refractivity contribution in [2.24, 2.45) is 5.92 Å². The third-order valence-electron chi connectivity index (χ3n) is 4.57. The largest absolute Gasteiger partial charge is 0.405 e. The van der Waals surface area contributed by atoms with Gasteiger partial charge in [0.15, 0.2) is 14.1 Å². The Morgan fingerprint density at radius 3 is 2.44 bits per heavy atom. The summed E-state index contributed by atoms with van der Waals surface area (Å²) in [5.74, 6) is 0.626. The van der Waals surface area contributed by atoms with E-state index in [1.54, 1.807) is 0 Å². The highest BCUT2D eigenvalue weighted by molar-refractivity contribution is 6.72. The molecule has 0 radical (unpaired) electrons. The summed E-state index contributed by atoms with van der Waals surface area (Å²) in [6.45, 7) is 16.8. The van der Waals surface area contributed by atoms with E-state index >= 15 is 0 Å². The third kappa shape index (κ3) is 3.32. The van der Waals surface area contributed by atoms with Crippen LogP contribution in [0.4, 0.5) is 0 Å². The minimum absolute atomic E-state index is 0.267. The Bertz CT molecular complexity index is 346. The first-order valence-electron chi connectivity index (χ1n) is 6.97. The molecule has 0 aromatic carbocycles. The van der Waals surface area contributed by atoms with Gasteiger partial charge >= 0.3 is 0 Å². The summed E-state index contributed by atoms with van der Waals surface area (Å²) in [4.78, 5) is 12.4. The number of ketones is 1. The van der Waals surface area contributed by atoms with Crippen molar-refractivity contribution in [2.45, 2.75) is 71.2 Å². The fourth-order valence-electron chi connectivity index (χ4n) is 2.36. The Morgan fingerprint density at radius 1 is 1.50 bits per heavy atom. The molecular weight excluding hydrogens is 240 g/mol. The normalized spacial score (nSPS) is 29.7. The molecular formula is C15H28O2Si. The van der Waals surface area contributed by atoms with E-state index in [0.717, 1.165) is 18.4 Å². The summed E-state index contributed by atoms with van der Waals surface area (Å²) < 4.78 is 6.33. The predicted octanol–water partition coefficient (Wildman–Crippen LogP) is 4.32. The molecule has 1 aliphatic carbocycles. The number of carbonyl (C=O) groups excluding carboxylic acids is 1. The molecule has 104 valence electrons. The van der Waals surface area contributed by atoms with Gasteiger partial charge in [-0.25, -0.2) is 0 Å².